The first-order valence-electron chi connectivity index (χ1n) is 15.6. The minimum absolute atomic E-state index is 0.0825. The smallest absolute Gasteiger partial charge is 0.333 e. The van der Waals surface area contributed by atoms with Crippen molar-refractivity contribution < 1.29 is 42.4 Å². The Morgan fingerprint density at radius 2 is 1.62 bits per heavy atom. The first kappa shape index (κ1) is 36.4. The molecule has 0 radical (unpaired) electrons. The molecule has 0 amide bonds. The van der Waals surface area contributed by atoms with Gasteiger partial charge < -0.3 is 37.6 Å². The number of carbonyl (C=O) groups excluding carboxylic acids is 2. The molecule has 1 heterocycles. The second-order valence-corrected chi connectivity index (χ2v) is 17.3. The lowest BCUT2D eigenvalue weighted by atomic mass is 9.91. The molecule has 1 fully saturated rings. The molecular weight excluding hydrogens is 592 g/mol. The summed E-state index contributed by atoms with van der Waals surface area (Å²) in [6.45, 7) is 14.0. The van der Waals surface area contributed by atoms with Gasteiger partial charge in [0.05, 0.1) is 45.4 Å². The van der Waals surface area contributed by atoms with Gasteiger partial charge in [-0.25, -0.2) is 4.79 Å². The van der Waals surface area contributed by atoms with E-state index in [0.717, 1.165) is 23.2 Å². The number of esters is 1. The average molecular weight is 643 g/mol. The zero-order valence-corrected chi connectivity index (χ0v) is 28.7. The lowest BCUT2D eigenvalue weighted by molar-refractivity contribution is -0.237. The minimum atomic E-state index is -2.35. The van der Waals surface area contributed by atoms with Crippen LogP contribution in [-0.2, 0) is 50.9 Å². The molecule has 2 aromatic rings. The van der Waals surface area contributed by atoms with Crippen molar-refractivity contribution in [2.45, 2.75) is 102 Å². The topological polar surface area (TPSA) is 98.8 Å². The quantitative estimate of drug-likeness (QED) is 0.0485. The molecule has 0 saturated carbocycles. The van der Waals surface area contributed by atoms with Crippen LogP contribution in [0.4, 0.5) is 0 Å². The Balaban J connectivity index is 1.90. The summed E-state index contributed by atoms with van der Waals surface area (Å²) in [5.74, 6) is 0.264. The Morgan fingerprint density at radius 3 is 2.24 bits per heavy atom. The van der Waals surface area contributed by atoms with Crippen molar-refractivity contribution in [2.75, 3.05) is 20.3 Å². The van der Waals surface area contributed by atoms with Crippen LogP contribution < -0.4 is 4.74 Å². The van der Waals surface area contributed by atoms with Crippen LogP contribution in [0.25, 0.3) is 0 Å². The SMILES string of the molecule is CCOC(=O)/C=C/O[C@H]1[C@@H](OCc2ccccc2)[C@@H](O[Si](C)(C)C(C)(C)C)[C@H](CCOCc2ccc(OC)cc2)O[C@@H]1CC=O. The van der Waals surface area contributed by atoms with Gasteiger partial charge in [0.15, 0.2) is 14.4 Å². The molecule has 5 atom stereocenters. The molecule has 3 rings (SSSR count). The van der Waals surface area contributed by atoms with Crippen molar-refractivity contribution in [3.8, 4) is 5.75 Å². The Hall–Kier alpha value is -3.02. The third-order valence-electron chi connectivity index (χ3n) is 8.28. The standard InChI is InChI=1S/C35H50O9Si/c1-8-40-31(37)20-23-41-32-29(18-21-36)43-30(19-22-39-24-27-14-16-28(38-5)17-15-27)33(44-45(6,7)35(2,3)4)34(32)42-25-26-12-10-9-11-13-26/h9-17,20-21,23,29-30,32-34H,8,18-19,22,24-25H2,1-7H3/b23-20+/t29-,30+,32-,33+,34-/m1/s1. The van der Waals surface area contributed by atoms with Crippen LogP contribution in [0.1, 0.15) is 51.7 Å². The maximum absolute atomic E-state index is 12.0. The van der Waals surface area contributed by atoms with Crippen LogP contribution in [0.5, 0.6) is 5.75 Å². The molecule has 0 aromatic heterocycles. The Morgan fingerprint density at radius 1 is 0.933 bits per heavy atom. The van der Waals surface area contributed by atoms with Gasteiger partial charge in [0, 0.05) is 13.0 Å². The van der Waals surface area contributed by atoms with Gasteiger partial charge in [-0.2, -0.15) is 0 Å². The van der Waals surface area contributed by atoms with Gasteiger partial charge in [0.2, 0.25) is 0 Å². The molecule has 1 aliphatic rings. The number of benzene rings is 2. The van der Waals surface area contributed by atoms with Crippen molar-refractivity contribution in [1.82, 2.24) is 0 Å². The molecule has 10 heteroatoms. The highest BCUT2D eigenvalue weighted by atomic mass is 28.4. The van der Waals surface area contributed by atoms with E-state index in [2.05, 4.69) is 33.9 Å². The van der Waals surface area contributed by atoms with Gasteiger partial charge in [-0.3, -0.25) is 0 Å². The largest absolute Gasteiger partial charge is 0.497 e. The molecular formula is C35H50O9Si. The zero-order chi connectivity index (χ0) is 32.9. The summed E-state index contributed by atoms with van der Waals surface area (Å²) in [6.07, 6.45) is 0.992. The predicted octanol–water partition coefficient (Wildman–Crippen LogP) is 6.40. The predicted molar refractivity (Wildman–Crippen MR) is 174 cm³/mol. The fourth-order valence-corrected chi connectivity index (χ4v) is 6.09. The number of ether oxygens (including phenoxy) is 6. The number of aldehydes is 1. The number of carbonyl (C=O) groups is 2. The second-order valence-electron chi connectivity index (χ2n) is 12.6. The van der Waals surface area contributed by atoms with Crippen LogP contribution >= 0.6 is 0 Å². The van der Waals surface area contributed by atoms with Gasteiger partial charge in [0.1, 0.15) is 30.3 Å². The minimum Gasteiger partial charge on any atom is -0.497 e. The average Bonchev–Trinajstić information content (AvgIpc) is 3.00. The molecule has 1 aliphatic heterocycles. The molecule has 9 nitrogen and oxygen atoms in total. The van der Waals surface area contributed by atoms with Crippen LogP contribution in [0.2, 0.25) is 18.1 Å². The van der Waals surface area contributed by atoms with Crippen molar-refractivity contribution in [3.05, 3.63) is 78.1 Å². The fourth-order valence-electron chi connectivity index (χ4n) is 4.77. The molecule has 45 heavy (non-hydrogen) atoms. The first-order chi connectivity index (χ1) is 21.5. The molecule has 0 unspecified atom stereocenters. The lowest BCUT2D eigenvalue weighted by Crippen LogP contribution is -2.63. The van der Waals surface area contributed by atoms with E-state index < -0.39 is 44.8 Å². The molecule has 2 aromatic carbocycles. The van der Waals surface area contributed by atoms with E-state index >= 15 is 0 Å². The van der Waals surface area contributed by atoms with Crippen molar-refractivity contribution >= 4 is 20.6 Å². The lowest BCUT2D eigenvalue weighted by Gasteiger charge is -2.49. The molecule has 0 bridgehead atoms. The highest BCUT2D eigenvalue weighted by molar-refractivity contribution is 6.74. The molecule has 0 aliphatic carbocycles. The first-order valence-corrected chi connectivity index (χ1v) is 18.5. The number of methoxy groups -OCH3 is 1. The number of hydrogen-bond donors (Lipinski definition) is 0. The fraction of sp³-hybridized carbons (Fsp3) is 0.543. The van der Waals surface area contributed by atoms with Crippen molar-refractivity contribution in [3.63, 3.8) is 0 Å². The Labute approximate surface area is 269 Å². The van der Waals surface area contributed by atoms with E-state index in [1.165, 1.54) is 12.3 Å². The third-order valence-corrected chi connectivity index (χ3v) is 12.8. The van der Waals surface area contributed by atoms with Crippen molar-refractivity contribution in [2.24, 2.45) is 0 Å². The number of hydrogen-bond acceptors (Lipinski definition) is 9. The number of rotatable bonds is 17. The van der Waals surface area contributed by atoms with Crippen molar-refractivity contribution in [1.29, 1.82) is 0 Å². The highest BCUT2D eigenvalue weighted by Crippen LogP contribution is 2.41. The molecule has 1 saturated heterocycles. The van der Waals surface area contributed by atoms with Crippen LogP contribution in [-0.4, -0.2) is 71.4 Å². The summed E-state index contributed by atoms with van der Waals surface area (Å²) >= 11 is 0. The highest BCUT2D eigenvalue weighted by Gasteiger charge is 2.51. The second kappa shape index (κ2) is 17.6. The van der Waals surface area contributed by atoms with Gasteiger partial charge >= 0.3 is 5.97 Å². The maximum atomic E-state index is 12.0. The zero-order valence-electron chi connectivity index (χ0n) is 27.7. The molecule has 0 N–H and O–H groups in total. The van der Waals surface area contributed by atoms with Crippen LogP contribution in [0.3, 0.4) is 0 Å². The summed E-state index contributed by atoms with van der Waals surface area (Å²) < 4.78 is 42.8. The summed E-state index contributed by atoms with van der Waals surface area (Å²) in [5.41, 5.74) is 2.02. The van der Waals surface area contributed by atoms with E-state index in [4.69, 9.17) is 32.8 Å². The molecule has 0 spiro atoms. The van der Waals surface area contributed by atoms with Crippen LogP contribution in [0.15, 0.2) is 66.9 Å². The Bertz CT molecular complexity index is 1190. The van der Waals surface area contributed by atoms with Gasteiger partial charge in [-0.1, -0.05) is 63.2 Å². The monoisotopic (exact) mass is 642 g/mol. The van der Waals surface area contributed by atoms with E-state index in [-0.39, 0.29) is 18.1 Å². The summed E-state index contributed by atoms with van der Waals surface area (Å²) in [4.78, 5) is 23.9. The van der Waals surface area contributed by atoms with E-state index in [9.17, 15) is 9.59 Å². The van der Waals surface area contributed by atoms with Crippen LogP contribution in [0, 0.1) is 0 Å². The third kappa shape index (κ3) is 11.1. The molecule has 248 valence electrons. The normalized spacial score (nSPS) is 22.2. The maximum Gasteiger partial charge on any atom is 0.333 e. The van der Waals surface area contributed by atoms with Gasteiger partial charge in [-0.15, -0.1) is 0 Å². The van der Waals surface area contributed by atoms with E-state index in [1.54, 1.807) is 14.0 Å². The van der Waals surface area contributed by atoms with E-state index in [1.807, 2.05) is 54.6 Å². The Kier molecular flexibility index (Phi) is 14.3. The van der Waals surface area contributed by atoms with Gasteiger partial charge in [-0.05, 0) is 54.7 Å². The van der Waals surface area contributed by atoms with Gasteiger partial charge in [0.25, 0.3) is 0 Å². The summed E-state index contributed by atoms with van der Waals surface area (Å²) in [7, 11) is -0.715. The summed E-state index contributed by atoms with van der Waals surface area (Å²) in [6, 6.07) is 17.6. The summed E-state index contributed by atoms with van der Waals surface area (Å²) in [5, 5.41) is -0.0911. The van der Waals surface area contributed by atoms with E-state index in [0.29, 0.717) is 26.2 Å².